The molecule has 0 bridgehead atoms. The van der Waals surface area contributed by atoms with Crippen LogP contribution in [0.25, 0.3) is 0 Å². The summed E-state index contributed by atoms with van der Waals surface area (Å²) in [5.41, 5.74) is 2.88. The molecule has 0 aromatic carbocycles. The van der Waals surface area contributed by atoms with E-state index in [4.69, 9.17) is 0 Å². The van der Waals surface area contributed by atoms with Crippen LogP contribution in [-0.2, 0) is 19.2 Å². The molecule has 0 radical (unpaired) electrons. The molecule has 4 unspecified atom stereocenters. The highest BCUT2D eigenvalue weighted by molar-refractivity contribution is 5.86. The van der Waals surface area contributed by atoms with Crippen LogP contribution < -0.4 is 0 Å². The molecule has 368 valence electrons. The molecule has 10 fully saturated rings. The molecule has 0 aliphatic heterocycles. The Balaban J connectivity index is 0.000000166. The van der Waals surface area contributed by atoms with E-state index >= 15 is 0 Å². The van der Waals surface area contributed by atoms with E-state index in [9.17, 15) is 24.3 Å². The summed E-state index contributed by atoms with van der Waals surface area (Å²) in [7, 11) is 0. The summed E-state index contributed by atoms with van der Waals surface area (Å²) in [6, 6.07) is 0. The van der Waals surface area contributed by atoms with Gasteiger partial charge in [-0.3, -0.25) is 19.2 Å². The van der Waals surface area contributed by atoms with Crippen molar-refractivity contribution in [1.82, 2.24) is 0 Å². The Labute approximate surface area is 402 Å². The van der Waals surface area contributed by atoms with Gasteiger partial charge in [0.05, 0.1) is 5.41 Å². The zero-order valence-corrected chi connectivity index (χ0v) is 44.4. The third-order valence-corrected chi connectivity index (χ3v) is 26.8. The number of carboxylic acid groups (broad SMARTS) is 1. The summed E-state index contributed by atoms with van der Waals surface area (Å²) in [5.74, 6) is 5.83. The second-order valence-electron chi connectivity index (χ2n) is 28.8. The number of hydrogen-bond donors (Lipinski definition) is 1. The molecule has 5 heteroatoms. The number of aliphatic carboxylic acids is 1. The van der Waals surface area contributed by atoms with Crippen LogP contribution in [0.1, 0.15) is 218 Å². The van der Waals surface area contributed by atoms with Gasteiger partial charge in [0, 0.05) is 29.1 Å². The van der Waals surface area contributed by atoms with Crippen molar-refractivity contribution in [2.45, 2.75) is 218 Å². The Hall–Kier alpha value is -2.04. The number of Topliss-reactive ketones (excluding diaryl/α,β-unsaturated/α-hetero) is 3. The molecule has 10 rings (SSSR count). The maximum atomic E-state index is 13.2. The second kappa shape index (κ2) is 15.2. The van der Waals surface area contributed by atoms with Gasteiger partial charge in [0.15, 0.2) is 0 Å². The maximum absolute atomic E-state index is 13.2. The van der Waals surface area contributed by atoms with E-state index in [1.165, 1.54) is 56.1 Å². The molecule has 5 nitrogen and oxygen atoms in total. The number of hydrogen-bond acceptors (Lipinski definition) is 4. The predicted molar refractivity (Wildman–Crippen MR) is 266 cm³/mol. The first-order valence-electron chi connectivity index (χ1n) is 27.6. The first-order valence-corrected chi connectivity index (χ1v) is 27.6. The van der Waals surface area contributed by atoms with Gasteiger partial charge in [-0.05, 0) is 228 Å². The fourth-order valence-corrected chi connectivity index (χ4v) is 22.9. The van der Waals surface area contributed by atoms with Crippen LogP contribution in [0.4, 0.5) is 0 Å². The quantitative estimate of drug-likeness (QED) is 0.284. The van der Waals surface area contributed by atoms with Gasteiger partial charge >= 0.3 is 5.97 Å². The number of carbonyl (C=O) groups excluding carboxylic acids is 3. The molecule has 10 aliphatic carbocycles. The fourth-order valence-electron chi connectivity index (χ4n) is 22.9. The molecule has 18 atom stereocenters. The molecule has 0 saturated heterocycles. The van der Waals surface area contributed by atoms with Gasteiger partial charge in [-0.1, -0.05) is 93.5 Å². The maximum Gasteiger partial charge on any atom is 0.309 e. The molecule has 10 aliphatic rings. The number of fused-ring (bicyclic) bond motifs is 14. The van der Waals surface area contributed by atoms with Crippen LogP contribution in [0.3, 0.4) is 0 Å². The van der Waals surface area contributed by atoms with E-state index < -0.39 is 11.4 Å². The normalized spacial score (nSPS) is 52.8. The molecule has 10 saturated carbocycles. The summed E-state index contributed by atoms with van der Waals surface area (Å²) < 4.78 is 0. The number of carboxylic acids is 1. The average Bonchev–Trinajstić information content (AvgIpc) is 3.84. The first-order chi connectivity index (χ1) is 30.5. The lowest BCUT2D eigenvalue weighted by atomic mass is 9.32. The minimum Gasteiger partial charge on any atom is -0.481 e. The number of carbonyl (C=O) groups is 4. The Morgan fingerprint density at radius 3 is 1.21 bits per heavy atom. The number of rotatable bonds is 4. The van der Waals surface area contributed by atoms with Crippen LogP contribution in [0.2, 0.25) is 0 Å². The third kappa shape index (κ3) is 6.00. The molecule has 1 N–H and O–H groups in total. The van der Waals surface area contributed by atoms with E-state index in [2.05, 4.69) is 96.2 Å². The Kier molecular flexibility index (Phi) is 11.3. The summed E-state index contributed by atoms with van der Waals surface area (Å²) >= 11 is 0. The summed E-state index contributed by atoms with van der Waals surface area (Å²) in [6.45, 7) is 39.4. The SMILES string of the molecule is C=C(C)[C@@H]1CC[C@]2(C(=O)O)CC[C@]3(C)C(CC[C@@H]4[C@@]5(C)CCC(=O)C(C)(C)[C@@H]5CC[C@]43C)C12.C=C(C)[C@@H]1CC[C@]2(C(C)=O)CC[C@]3(C)C(CC[C@@H]4[C@@]5(C)CCC(=O)C(C)(C)[C@@H]5CC[C@]43C)C12. The second-order valence-corrected chi connectivity index (χ2v) is 28.8. The van der Waals surface area contributed by atoms with Crippen LogP contribution in [0.15, 0.2) is 24.3 Å². The largest absolute Gasteiger partial charge is 0.481 e. The average molecular weight is 907 g/mol. The molecule has 0 aromatic rings. The third-order valence-electron chi connectivity index (χ3n) is 26.8. The summed E-state index contributed by atoms with van der Waals surface area (Å²) in [6.07, 6.45) is 21.5. The lowest BCUT2D eigenvalue weighted by Crippen LogP contribution is -2.66. The molecule has 0 amide bonds. The van der Waals surface area contributed by atoms with E-state index in [-0.39, 0.29) is 49.2 Å². The number of ketones is 3. The Morgan fingerprint density at radius 2 is 0.833 bits per heavy atom. The van der Waals surface area contributed by atoms with E-state index in [1.54, 1.807) is 0 Å². The Bertz CT molecular complexity index is 1950. The highest BCUT2D eigenvalue weighted by Gasteiger charge is 2.74. The minimum atomic E-state index is -0.547. The summed E-state index contributed by atoms with van der Waals surface area (Å²) in [5, 5.41) is 10.5. The van der Waals surface area contributed by atoms with Crippen LogP contribution >= 0.6 is 0 Å². The van der Waals surface area contributed by atoms with Crippen molar-refractivity contribution in [2.24, 2.45) is 113 Å². The van der Waals surface area contributed by atoms with Gasteiger partial charge in [0.1, 0.15) is 17.3 Å². The van der Waals surface area contributed by atoms with Crippen molar-refractivity contribution < 1.29 is 24.3 Å². The summed E-state index contributed by atoms with van der Waals surface area (Å²) in [4.78, 5) is 51.8. The fraction of sp³-hybridized carbons (Fsp3) is 0.869. The van der Waals surface area contributed by atoms with E-state index in [0.29, 0.717) is 76.0 Å². The van der Waals surface area contributed by atoms with Gasteiger partial charge in [0.25, 0.3) is 0 Å². The zero-order valence-electron chi connectivity index (χ0n) is 44.4. The minimum absolute atomic E-state index is 0.0999. The van der Waals surface area contributed by atoms with Gasteiger partial charge < -0.3 is 5.11 Å². The van der Waals surface area contributed by atoms with Gasteiger partial charge in [-0.25, -0.2) is 0 Å². The monoisotopic (exact) mass is 907 g/mol. The van der Waals surface area contributed by atoms with Gasteiger partial charge in [-0.2, -0.15) is 0 Å². The van der Waals surface area contributed by atoms with Crippen molar-refractivity contribution in [2.75, 3.05) is 0 Å². The smallest absolute Gasteiger partial charge is 0.309 e. The van der Waals surface area contributed by atoms with Crippen molar-refractivity contribution in [3.8, 4) is 0 Å². The van der Waals surface area contributed by atoms with Crippen molar-refractivity contribution >= 4 is 23.3 Å². The van der Waals surface area contributed by atoms with Crippen molar-refractivity contribution in [3.05, 3.63) is 24.3 Å². The highest BCUT2D eigenvalue weighted by atomic mass is 16.4. The van der Waals surface area contributed by atoms with Gasteiger partial charge in [-0.15, -0.1) is 0 Å². The first kappa shape index (κ1) is 49.0. The van der Waals surface area contributed by atoms with Crippen LogP contribution in [0.5, 0.6) is 0 Å². The van der Waals surface area contributed by atoms with Crippen molar-refractivity contribution in [3.63, 3.8) is 0 Å². The van der Waals surface area contributed by atoms with Gasteiger partial charge in [0.2, 0.25) is 0 Å². The lowest BCUT2D eigenvalue weighted by molar-refractivity contribution is -0.235. The predicted octanol–water partition coefficient (Wildman–Crippen LogP) is 15.1. The molecule has 66 heavy (non-hydrogen) atoms. The van der Waals surface area contributed by atoms with E-state index in [0.717, 1.165) is 83.5 Å². The standard InChI is InChI=1S/C31H48O2.C30H46O3/c1-19(2)21-11-16-31(20(3)32)18-17-29(7)22(26(21)31)9-10-24-28(6)14-13-25(33)27(4,5)23(28)12-15-30(24,29)8;1-18(2)19-10-15-30(25(32)33)17-16-28(6)20(24(19)30)8-9-22-27(5)13-12-23(31)26(3,4)21(27)11-14-29(22,28)7/h21-24,26H,1,9-18H2,2-8H3;19-22,24H,1,8-17H2,2-7H3,(H,32,33)/t21-,22?,23-,24+,26?,28-,29+,30+,31+;19-,20?,21-,22+,24?,27-,28+,29+,30-/m00/s1. The number of allylic oxidation sites excluding steroid dienone is 2. The molecule has 0 spiro atoms. The lowest BCUT2D eigenvalue weighted by Gasteiger charge is -2.72. The Morgan fingerprint density at radius 1 is 0.455 bits per heavy atom. The van der Waals surface area contributed by atoms with E-state index in [1.807, 2.05) is 6.92 Å². The zero-order chi connectivity index (χ0) is 48.4. The van der Waals surface area contributed by atoms with Crippen LogP contribution in [0, 0.1) is 113 Å². The highest BCUT2D eigenvalue weighted by Crippen LogP contribution is 2.79. The van der Waals surface area contributed by atoms with Crippen molar-refractivity contribution in [1.29, 1.82) is 0 Å². The molecule has 0 aromatic heterocycles. The topological polar surface area (TPSA) is 88.5 Å². The molecule has 0 heterocycles. The molecular weight excluding hydrogens is 813 g/mol. The molecular formula is C61H94O5. The van der Waals surface area contributed by atoms with Crippen LogP contribution in [-0.4, -0.2) is 28.4 Å².